The summed E-state index contributed by atoms with van der Waals surface area (Å²) in [7, 11) is -3.77. The van der Waals surface area contributed by atoms with Crippen molar-refractivity contribution in [2.45, 2.75) is 42.9 Å². The van der Waals surface area contributed by atoms with Crippen LogP contribution in [0, 0.1) is 0 Å². The summed E-state index contributed by atoms with van der Waals surface area (Å²) >= 11 is 0. The van der Waals surface area contributed by atoms with Gasteiger partial charge in [0.1, 0.15) is 5.60 Å². The first-order valence-corrected chi connectivity index (χ1v) is 10.3. The zero-order chi connectivity index (χ0) is 19.7. The summed E-state index contributed by atoms with van der Waals surface area (Å²) in [5, 5.41) is 28.0. The van der Waals surface area contributed by atoms with Crippen LogP contribution in [0.25, 0.3) is 0 Å². The molecular formula is C18H25N3O5S. The van der Waals surface area contributed by atoms with Crippen molar-refractivity contribution in [1.29, 1.82) is 0 Å². The van der Waals surface area contributed by atoms with Crippen molar-refractivity contribution in [3.05, 3.63) is 47.9 Å². The van der Waals surface area contributed by atoms with E-state index in [0.29, 0.717) is 12.3 Å². The van der Waals surface area contributed by atoms with E-state index in [1.54, 1.807) is 18.2 Å². The third-order valence-electron chi connectivity index (χ3n) is 4.73. The van der Waals surface area contributed by atoms with Gasteiger partial charge < -0.3 is 20.1 Å². The summed E-state index contributed by atoms with van der Waals surface area (Å²) in [4.78, 5) is 0.136. The number of β-amino-alcohol motifs (C(OH)–C–C–N with tert-alkyl or cyclic N) is 2. The first-order valence-electron chi connectivity index (χ1n) is 8.84. The highest BCUT2D eigenvalue weighted by molar-refractivity contribution is 7.89. The average Bonchev–Trinajstić information content (AvgIpc) is 3.22. The highest BCUT2D eigenvalue weighted by atomic mass is 32.2. The molecule has 1 aliphatic rings. The predicted octanol–water partition coefficient (Wildman–Crippen LogP) is 0.684. The van der Waals surface area contributed by atoms with E-state index in [4.69, 9.17) is 4.52 Å². The minimum atomic E-state index is -3.77. The molecule has 2 aromatic rings. The molecular weight excluding hydrogens is 370 g/mol. The maximum Gasteiger partial charge on any atom is 0.243 e. The maximum atomic E-state index is 12.7. The van der Waals surface area contributed by atoms with E-state index in [9.17, 15) is 18.6 Å². The Bertz CT molecular complexity index is 868. The van der Waals surface area contributed by atoms with E-state index >= 15 is 0 Å². The highest BCUT2D eigenvalue weighted by Gasteiger charge is 2.48. The molecule has 3 N–H and O–H groups in total. The van der Waals surface area contributed by atoms with Crippen molar-refractivity contribution < 1.29 is 23.2 Å². The zero-order valence-corrected chi connectivity index (χ0v) is 16.2. The largest absolute Gasteiger partial charge is 0.389 e. The fraction of sp³-hybridized carbons (Fsp3) is 0.500. The van der Waals surface area contributed by atoms with Gasteiger partial charge in [-0.2, -0.15) is 4.31 Å². The van der Waals surface area contributed by atoms with Crippen LogP contribution in [0.2, 0.25) is 0 Å². The number of rotatable bonds is 7. The number of hydrogen-bond acceptors (Lipinski definition) is 7. The lowest BCUT2D eigenvalue weighted by atomic mass is 10.0. The van der Waals surface area contributed by atoms with Crippen LogP contribution in [0.5, 0.6) is 0 Å². The van der Waals surface area contributed by atoms with Crippen molar-refractivity contribution >= 4 is 10.0 Å². The van der Waals surface area contributed by atoms with E-state index in [2.05, 4.69) is 10.5 Å². The molecule has 2 atom stereocenters. The number of nitrogens with one attached hydrogen (secondary N) is 1. The molecule has 148 valence electrons. The number of aliphatic hydroxyl groups is 2. The third kappa shape index (κ3) is 4.22. The minimum absolute atomic E-state index is 0.0205. The fourth-order valence-corrected chi connectivity index (χ4v) is 4.55. The molecule has 1 saturated heterocycles. The van der Waals surface area contributed by atoms with Crippen LogP contribution in [-0.4, -0.2) is 59.4 Å². The smallest absolute Gasteiger partial charge is 0.243 e. The van der Waals surface area contributed by atoms with Crippen molar-refractivity contribution in [1.82, 2.24) is 14.8 Å². The Labute approximate surface area is 158 Å². The molecule has 0 spiro atoms. The molecule has 3 rings (SSSR count). The van der Waals surface area contributed by atoms with Crippen LogP contribution >= 0.6 is 0 Å². The standard InChI is InChI=1S/C18H25N3O5S/c1-13(2)16-8-14(26-20-16)9-19-11-18(23)12-21(10-17(18)22)27(24,25)15-6-4-3-5-7-15/h3-8,13,17,19,22-23H,9-12H2,1-2H3/t17-,18+/m1/s1. The fourth-order valence-electron chi connectivity index (χ4n) is 3.02. The topological polar surface area (TPSA) is 116 Å². The number of aromatic nitrogens is 1. The molecule has 0 aliphatic carbocycles. The SMILES string of the molecule is CC(C)c1cc(CNC[C@]2(O)CN(S(=O)(=O)c3ccccc3)C[C@H]2O)on1. The molecule has 0 radical (unpaired) electrons. The Balaban J connectivity index is 1.62. The van der Waals surface area contributed by atoms with Crippen LogP contribution in [-0.2, 0) is 16.6 Å². The lowest BCUT2D eigenvalue weighted by Crippen LogP contribution is -2.50. The van der Waals surface area contributed by atoms with E-state index < -0.39 is 21.7 Å². The molecule has 0 bridgehead atoms. The summed E-state index contributed by atoms with van der Waals surface area (Å²) in [6.45, 7) is 4.01. The number of hydrogen-bond donors (Lipinski definition) is 3. The minimum Gasteiger partial charge on any atom is -0.389 e. The molecule has 0 saturated carbocycles. The van der Waals surface area contributed by atoms with E-state index in [0.717, 1.165) is 10.00 Å². The van der Waals surface area contributed by atoms with Crippen molar-refractivity contribution in [2.24, 2.45) is 0 Å². The van der Waals surface area contributed by atoms with Gasteiger partial charge in [0.25, 0.3) is 0 Å². The van der Waals surface area contributed by atoms with Crippen molar-refractivity contribution in [3.63, 3.8) is 0 Å². The van der Waals surface area contributed by atoms with Gasteiger partial charge in [-0.1, -0.05) is 37.2 Å². The van der Waals surface area contributed by atoms with Crippen LogP contribution < -0.4 is 5.32 Å². The van der Waals surface area contributed by atoms with Gasteiger partial charge in [0.2, 0.25) is 10.0 Å². The Morgan fingerprint density at radius 3 is 2.70 bits per heavy atom. The molecule has 9 heteroatoms. The van der Waals surface area contributed by atoms with Crippen molar-refractivity contribution in [3.8, 4) is 0 Å². The zero-order valence-electron chi connectivity index (χ0n) is 15.4. The molecule has 1 aromatic heterocycles. The van der Waals surface area contributed by atoms with Crippen LogP contribution in [0.15, 0.2) is 45.8 Å². The summed E-state index contributed by atoms with van der Waals surface area (Å²) in [6, 6.07) is 9.82. The summed E-state index contributed by atoms with van der Waals surface area (Å²) in [5.74, 6) is 0.864. The Morgan fingerprint density at radius 2 is 2.07 bits per heavy atom. The molecule has 1 aliphatic heterocycles. The summed E-state index contributed by atoms with van der Waals surface area (Å²) in [5.41, 5.74) is -0.741. The normalized spacial score (nSPS) is 24.0. The van der Waals surface area contributed by atoms with Gasteiger partial charge in [-0.3, -0.25) is 0 Å². The second-order valence-corrected chi connectivity index (χ2v) is 9.14. The first kappa shape index (κ1) is 20.0. The molecule has 1 aromatic carbocycles. The molecule has 2 heterocycles. The number of sulfonamides is 1. The molecule has 8 nitrogen and oxygen atoms in total. The summed E-state index contributed by atoms with van der Waals surface area (Å²) in [6.07, 6.45) is -1.19. The molecule has 1 fully saturated rings. The van der Waals surface area contributed by atoms with Gasteiger partial charge in [0, 0.05) is 25.7 Å². The number of benzene rings is 1. The Morgan fingerprint density at radius 1 is 1.37 bits per heavy atom. The highest BCUT2D eigenvalue weighted by Crippen LogP contribution is 2.27. The van der Waals surface area contributed by atoms with E-state index in [-0.39, 0.29) is 30.4 Å². The number of aliphatic hydroxyl groups excluding tert-OH is 1. The Hall–Kier alpha value is -1.78. The lowest BCUT2D eigenvalue weighted by molar-refractivity contribution is -0.0387. The maximum absolute atomic E-state index is 12.7. The van der Waals surface area contributed by atoms with Crippen LogP contribution in [0.3, 0.4) is 0 Å². The van der Waals surface area contributed by atoms with Gasteiger partial charge in [0.15, 0.2) is 5.76 Å². The van der Waals surface area contributed by atoms with Gasteiger partial charge >= 0.3 is 0 Å². The lowest BCUT2D eigenvalue weighted by Gasteiger charge is -2.26. The second kappa shape index (κ2) is 7.69. The van der Waals surface area contributed by atoms with Gasteiger partial charge in [-0.25, -0.2) is 8.42 Å². The van der Waals surface area contributed by atoms with Crippen LogP contribution in [0.4, 0.5) is 0 Å². The van der Waals surface area contributed by atoms with Gasteiger partial charge in [0.05, 0.1) is 23.2 Å². The average molecular weight is 395 g/mol. The molecule has 27 heavy (non-hydrogen) atoms. The number of nitrogens with zero attached hydrogens (tertiary/aromatic N) is 2. The third-order valence-corrected chi connectivity index (χ3v) is 6.55. The van der Waals surface area contributed by atoms with Gasteiger partial charge in [-0.15, -0.1) is 0 Å². The van der Waals surface area contributed by atoms with Crippen LogP contribution in [0.1, 0.15) is 31.2 Å². The van der Waals surface area contributed by atoms with Gasteiger partial charge in [-0.05, 0) is 18.1 Å². The first-order chi connectivity index (χ1) is 12.7. The second-order valence-electron chi connectivity index (χ2n) is 7.21. The van der Waals surface area contributed by atoms with Crippen molar-refractivity contribution in [2.75, 3.05) is 19.6 Å². The quantitative estimate of drug-likeness (QED) is 0.631. The molecule has 0 unspecified atom stereocenters. The Kier molecular flexibility index (Phi) is 5.68. The predicted molar refractivity (Wildman–Crippen MR) is 98.5 cm³/mol. The van der Waals surface area contributed by atoms with E-state index in [1.807, 2.05) is 19.9 Å². The summed E-state index contributed by atoms with van der Waals surface area (Å²) < 4.78 is 31.7. The monoisotopic (exact) mass is 395 g/mol. The van der Waals surface area contributed by atoms with E-state index in [1.165, 1.54) is 12.1 Å². The molecule has 0 amide bonds.